The van der Waals surface area contributed by atoms with E-state index in [1.54, 1.807) is 0 Å². The lowest BCUT2D eigenvalue weighted by Crippen LogP contribution is -2.16. The average Bonchev–Trinajstić information content (AvgIpc) is 2.21. The molecule has 0 saturated carbocycles. The lowest BCUT2D eigenvalue weighted by Gasteiger charge is -2.14. The van der Waals surface area contributed by atoms with Crippen molar-refractivity contribution in [3.8, 4) is 0 Å². The number of anilines is 2. The van der Waals surface area contributed by atoms with Crippen molar-refractivity contribution in [2.24, 2.45) is 5.84 Å². The van der Waals surface area contributed by atoms with Gasteiger partial charge in [-0.05, 0) is 29.3 Å². The molecule has 5 nitrogen and oxygen atoms in total. The van der Waals surface area contributed by atoms with E-state index in [4.69, 9.17) is 5.84 Å². The van der Waals surface area contributed by atoms with Crippen LogP contribution in [0.25, 0.3) is 0 Å². The maximum atomic E-state index is 5.28. The van der Waals surface area contributed by atoms with Gasteiger partial charge in [-0.15, -0.1) is 0 Å². The normalized spacial score (nSPS) is 12.3. The quantitative estimate of drug-likeness (QED) is 0.567. The number of nitrogens with one attached hydrogen (secondary N) is 2. The molecule has 0 radical (unpaired) electrons. The second-order valence-electron chi connectivity index (χ2n) is 2.98. The third-order valence-electron chi connectivity index (χ3n) is 1.92. The Bertz CT molecular complexity index is 304. The van der Waals surface area contributed by atoms with Crippen molar-refractivity contribution in [2.45, 2.75) is 26.3 Å². The minimum atomic E-state index is 0.367. The Morgan fingerprint density at radius 2 is 2.14 bits per heavy atom. The summed E-state index contributed by atoms with van der Waals surface area (Å²) in [6.45, 7) is 4.19. The molecule has 0 amide bonds. The van der Waals surface area contributed by atoms with Crippen LogP contribution >= 0.6 is 15.9 Å². The van der Waals surface area contributed by atoms with Crippen LogP contribution in [0.5, 0.6) is 0 Å². The van der Waals surface area contributed by atoms with E-state index in [2.05, 4.69) is 50.5 Å². The molecular formula is C8H14BrN5. The summed E-state index contributed by atoms with van der Waals surface area (Å²) >= 11 is 3.37. The van der Waals surface area contributed by atoms with E-state index in [0.29, 0.717) is 11.9 Å². The number of hydrogen-bond donors (Lipinski definition) is 3. The first-order valence-electron chi connectivity index (χ1n) is 4.42. The highest BCUT2D eigenvalue weighted by Gasteiger charge is 2.08. The molecular weight excluding hydrogens is 246 g/mol. The maximum absolute atomic E-state index is 5.28. The maximum Gasteiger partial charge on any atom is 0.159 e. The summed E-state index contributed by atoms with van der Waals surface area (Å²) in [5.41, 5.74) is 2.49. The molecule has 1 atom stereocenters. The Hall–Kier alpha value is -0.880. The van der Waals surface area contributed by atoms with Crippen LogP contribution in [0.3, 0.4) is 0 Å². The van der Waals surface area contributed by atoms with E-state index in [-0.39, 0.29) is 0 Å². The van der Waals surface area contributed by atoms with Gasteiger partial charge in [0.15, 0.2) is 5.82 Å². The molecule has 0 aliphatic carbocycles. The molecule has 0 aliphatic rings. The fraction of sp³-hybridized carbons (Fsp3) is 0.500. The summed E-state index contributed by atoms with van der Waals surface area (Å²) in [7, 11) is 0. The lowest BCUT2D eigenvalue weighted by molar-refractivity contribution is 0.757. The summed E-state index contributed by atoms with van der Waals surface area (Å²) < 4.78 is 0.753. The Morgan fingerprint density at radius 3 is 2.71 bits per heavy atom. The van der Waals surface area contributed by atoms with Crippen molar-refractivity contribution >= 4 is 27.6 Å². The second-order valence-corrected chi connectivity index (χ2v) is 3.78. The highest BCUT2D eigenvalue weighted by atomic mass is 79.9. The van der Waals surface area contributed by atoms with E-state index in [1.807, 2.05) is 0 Å². The molecule has 6 heteroatoms. The number of hydrazine groups is 1. The third-order valence-corrected chi connectivity index (χ3v) is 2.67. The van der Waals surface area contributed by atoms with Crippen molar-refractivity contribution < 1.29 is 0 Å². The minimum absolute atomic E-state index is 0.367. The fourth-order valence-corrected chi connectivity index (χ4v) is 1.34. The summed E-state index contributed by atoms with van der Waals surface area (Å²) in [4.78, 5) is 8.07. The van der Waals surface area contributed by atoms with E-state index < -0.39 is 0 Å². The van der Waals surface area contributed by atoms with Gasteiger partial charge >= 0.3 is 0 Å². The third kappa shape index (κ3) is 2.55. The standard InChI is InChI=1S/C8H14BrN5/c1-3-5(2)13-7-6(9)8(14-10)12-4-11-7/h4-5H,3,10H2,1-2H3,(H2,11,12,13,14). The summed E-state index contributed by atoms with van der Waals surface area (Å²) in [5.74, 6) is 6.61. The van der Waals surface area contributed by atoms with Crippen LogP contribution in [0.4, 0.5) is 11.6 Å². The zero-order valence-electron chi connectivity index (χ0n) is 8.21. The molecule has 1 aromatic rings. The number of nitrogens with two attached hydrogens (primary N) is 1. The number of hydrogen-bond acceptors (Lipinski definition) is 5. The monoisotopic (exact) mass is 259 g/mol. The molecule has 4 N–H and O–H groups in total. The Kier molecular flexibility index (Phi) is 4.09. The lowest BCUT2D eigenvalue weighted by atomic mass is 10.2. The van der Waals surface area contributed by atoms with Gasteiger partial charge in [-0.2, -0.15) is 0 Å². The Morgan fingerprint density at radius 1 is 1.50 bits per heavy atom. The van der Waals surface area contributed by atoms with Gasteiger partial charge < -0.3 is 10.7 Å². The van der Waals surface area contributed by atoms with Gasteiger partial charge in [0.2, 0.25) is 0 Å². The number of nitrogens with zero attached hydrogens (tertiary/aromatic N) is 2. The van der Waals surface area contributed by atoms with Crippen molar-refractivity contribution in [3.63, 3.8) is 0 Å². The molecule has 1 rings (SSSR count). The van der Waals surface area contributed by atoms with Crippen LogP contribution in [0.2, 0.25) is 0 Å². The first-order valence-corrected chi connectivity index (χ1v) is 5.22. The molecule has 0 spiro atoms. The first kappa shape index (κ1) is 11.2. The fourth-order valence-electron chi connectivity index (χ4n) is 0.907. The van der Waals surface area contributed by atoms with Crippen LogP contribution in [-0.4, -0.2) is 16.0 Å². The van der Waals surface area contributed by atoms with Gasteiger partial charge in [0, 0.05) is 6.04 Å². The molecule has 14 heavy (non-hydrogen) atoms. The van der Waals surface area contributed by atoms with Gasteiger partial charge in [-0.3, -0.25) is 0 Å². The molecule has 1 unspecified atom stereocenters. The highest BCUT2D eigenvalue weighted by molar-refractivity contribution is 9.10. The van der Waals surface area contributed by atoms with E-state index in [9.17, 15) is 0 Å². The van der Waals surface area contributed by atoms with E-state index >= 15 is 0 Å². The van der Waals surface area contributed by atoms with Gasteiger partial charge in [0.1, 0.15) is 16.6 Å². The summed E-state index contributed by atoms with van der Waals surface area (Å²) in [6.07, 6.45) is 2.49. The predicted molar refractivity (Wildman–Crippen MR) is 60.9 cm³/mol. The number of rotatable bonds is 4. The number of halogens is 1. The second kappa shape index (κ2) is 5.11. The molecule has 0 saturated heterocycles. The predicted octanol–water partition coefficient (Wildman–Crippen LogP) is 1.74. The molecule has 0 fully saturated rings. The number of nitrogen functional groups attached to an aromatic ring is 1. The molecule has 0 aliphatic heterocycles. The van der Waals surface area contributed by atoms with Gasteiger partial charge in [0.25, 0.3) is 0 Å². The van der Waals surface area contributed by atoms with E-state index in [1.165, 1.54) is 6.33 Å². The zero-order chi connectivity index (χ0) is 10.6. The van der Waals surface area contributed by atoms with Crippen LogP contribution in [0.15, 0.2) is 10.8 Å². The molecule has 1 aromatic heterocycles. The highest BCUT2D eigenvalue weighted by Crippen LogP contribution is 2.26. The smallest absolute Gasteiger partial charge is 0.159 e. The van der Waals surface area contributed by atoms with Gasteiger partial charge in [-0.1, -0.05) is 6.92 Å². The van der Waals surface area contributed by atoms with Crippen molar-refractivity contribution in [2.75, 3.05) is 10.7 Å². The molecule has 0 aromatic carbocycles. The molecule has 0 bridgehead atoms. The minimum Gasteiger partial charge on any atom is -0.367 e. The average molecular weight is 260 g/mol. The Labute approximate surface area is 91.6 Å². The SMILES string of the molecule is CCC(C)Nc1ncnc(NN)c1Br. The summed E-state index contributed by atoms with van der Waals surface area (Å²) in [5, 5.41) is 3.24. The van der Waals surface area contributed by atoms with Crippen LogP contribution in [0, 0.1) is 0 Å². The van der Waals surface area contributed by atoms with Crippen LogP contribution < -0.4 is 16.6 Å². The van der Waals surface area contributed by atoms with Crippen molar-refractivity contribution in [1.82, 2.24) is 9.97 Å². The van der Waals surface area contributed by atoms with E-state index in [0.717, 1.165) is 16.7 Å². The van der Waals surface area contributed by atoms with Crippen molar-refractivity contribution in [3.05, 3.63) is 10.8 Å². The summed E-state index contributed by atoms with van der Waals surface area (Å²) in [6, 6.07) is 0.367. The Balaban J connectivity index is 2.86. The largest absolute Gasteiger partial charge is 0.367 e. The molecule has 78 valence electrons. The topological polar surface area (TPSA) is 75.9 Å². The molecule has 1 heterocycles. The first-order chi connectivity index (χ1) is 6.69. The zero-order valence-corrected chi connectivity index (χ0v) is 9.80. The van der Waals surface area contributed by atoms with Crippen molar-refractivity contribution in [1.29, 1.82) is 0 Å². The number of aromatic nitrogens is 2. The van der Waals surface area contributed by atoms with Crippen LogP contribution in [0.1, 0.15) is 20.3 Å². The van der Waals surface area contributed by atoms with Gasteiger partial charge in [0.05, 0.1) is 0 Å². The van der Waals surface area contributed by atoms with Crippen LogP contribution in [-0.2, 0) is 0 Å². The van der Waals surface area contributed by atoms with Gasteiger partial charge in [-0.25, -0.2) is 15.8 Å².